The van der Waals surface area contributed by atoms with E-state index >= 15 is 0 Å². The van der Waals surface area contributed by atoms with Crippen molar-refractivity contribution in [2.45, 2.75) is 0 Å². The first-order valence-electron chi connectivity index (χ1n) is 5.67. The number of benzene rings is 3. The van der Waals surface area contributed by atoms with Gasteiger partial charge in [0.15, 0.2) is 0 Å². The Kier molecular flexibility index (Phi) is 1.70. The maximum absolute atomic E-state index is 6.33. The lowest BCUT2D eigenvalue weighted by Crippen LogP contribution is -1.99. The lowest BCUT2D eigenvalue weighted by molar-refractivity contribution is 1.55. The lowest BCUT2D eigenvalue weighted by Gasteiger charge is -2.26. The van der Waals surface area contributed by atoms with Crippen LogP contribution in [0.5, 0.6) is 0 Å². The van der Waals surface area contributed by atoms with E-state index in [1.54, 1.807) is 0 Å². The molecule has 0 radical (unpaired) electrons. The summed E-state index contributed by atoms with van der Waals surface area (Å²) in [7, 11) is 0. The average molecular weight is 237 g/mol. The predicted molar refractivity (Wildman–Crippen MR) is 73.4 cm³/mol. The fourth-order valence-electron chi connectivity index (χ4n) is 2.71. The van der Waals surface area contributed by atoms with Gasteiger partial charge in [-0.25, -0.2) is 0 Å². The van der Waals surface area contributed by atoms with Crippen molar-refractivity contribution < 1.29 is 0 Å². The average Bonchev–Trinajstić information content (AvgIpc) is 2.36. The standard InChI is InChI=1S/C16H9Cl/c17-15-9-14-10-5-1-3-7-12(10)16(14)13-8-4-2-6-11(13)15/h1-9H. The van der Waals surface area contributed by atoms with E-state index in [2.05, 4.69) is 48.5 Å². The highest BCUT2D eigenvalue weighted by molar-refractivity contribution is 6.37. The molecule has 0 nitrogen and oxygen atoms in total. The van der Waals surface area contributed by atoms with Gasteiger partial charge in [-0.05, 0) is 33.7 Å². The fourth-order valence-corrected chi connectivity index (χ4v) is 2.98. The second-order valence-corrected chi connectivity index (χ2v) is 4.78. The van der Waals surface area contributed by atoms with Crippen molar-refractivity contribution in [3.8, 4) is 22.3 Å². The second kappa shape index (κ2) is 3.12. The second-order valence-electron chi connectivity index (χ2n) is 4.37. The maximum atomic E-state index is 6.33. The van der Waals surface area contributed by atoms with Crippen molar-refractivity contribution in [1.29, 1.82) is 0 Å². The predicted octanol–water partition coefficient (Wildman–Crippen LogP) is 5.14. The Bertz CT molecular complexity index is 757. The molecule has 0 spiro atoms. The van der Waals surface area contributed by atoms with Crippen molar-refractivity contribution in [3.63, 3.8) is 0 Å². The van der Waals surface area contributed by atoms with E-state index in [4.69, 9.17) is 11.6 Å². The van der Waals surface area contributed by atoms with Crippen molar-refractivity contribution in [3.05, 3.63) is 59.6 Å². The molecule has 0 fully saturated rings. The monoisotopic (exact) mass is 236 g/mol. The third-order valence-electron chi connectivity index (χ3n) is 3.48. The molecule has 0 aliphatic heterocycles. The van der Waals surface area contributed by atoms with E-state index in [1.807, 2.05) is 6.07 Å². The molecule has 0 N–H and O–H groups in total. The first-order valence-corrected chi connectivity index (χ1v) is 6.05. The van der Waals surface area contributed by atoms with Crippen LogP contribution in [0.4, 0.5) is 0 Å². The van der Waals surface area contributed by atoms with E-state index in [0.717, 1.165) is 10.4 Å². The summed E-state index contributed by atoms with van der Waals surface area (Å²) in [6.07, 6.45) is 0. The van der Waals surface area contributed by atoms with Gasteiger partial charge in [-0.2, -0.15) is 0 Å². The summed E-state index contributed by atoms with van der Waals surface area (Å²) < 4.78 is 0. The number of halogens is 1. The van der Waals surface area contributed by atoms with E-state index < -0.39 is 0 Å². The van der Waals surface area contributed by atoms with Crippen LogP contribution in [-0.4, -0.2) is 0 Å². The van der Waals surface area contributed by atoms with Gasteiger partial charge in [-0.15, -0.1) is 0 Å². The van der Waals surface area contributed by atoms with Crippen LogP contribution in [0.1, 0.15) is 0 Å². The van der Waals surface area contributed by atoms with E-state index in [9.17, 15) is 0 Å². The number of hydrogen-bond donors (Lipinski definition) is 0. The highest BCUT2D eigenvalue weighted by Gasteiger charge is 2.24. The molecule has 0 bridgehead atoms. The van der Waals surface area contributed by atoms with Crippen LogP contribution in [0.15, 0.2) is 54.6 Å². The molecule has 0 heterocycles. The van der Waals surface area contributed by atoms with Gasteiger partial charge < -0.3 is 0 Å². The van der Waals surface area contributed by atoms with Crippen LogP contribution in [0, 0.1) is 0 Å². The maximum Gasteiger partial charge on any atom is 0.0491 e. The molecule has 3 aromatic carbocycles. The first kappa shape index (κ1) is 9.26. The molecule has 17 heavy (non-hydrogen) atoms. The van der Waals surface area contributed by atoms with Crippen LogP contribution >= 0.6 is 11.6 Å². The zero-order chi connectivity index (χ0) is 11.4. The van der Waals surface area contributed by atoms with Crippen molar-refractivity contribution in [1.82, 2.24) is 0 Å². The van der Waals surface area contributed by atoms with Crippen LogP contribution in [-0.2, 0) is 0 Å². The Morgan fingerprint density at radius 3 is 2.12 bits per heavy atom. The molecular formula is C16H9Cl. The Balaban J connectivity index is 2.18. The molecule has 1 aliphatic rings. The molecule has 80 valence electrons. The fraction of sp³-hybridized carbons (Fsp3) is 0. The molecule has 4 rings (SSSR count). The molecule has 3 aromatic rings. The molecule has 1 heteroatoms. The topological polar surface area (TPSA) is 0 Å². The molecule has 1 aliphatic carbocycles. The Hall–Kier alpha value is -1.79. The van der Waals surface area contributed by atoms with E-state index in [0.29, 0.717) is 0 Å². The summed E-state index contributed by atoms with van der Waals surface area (Å²) in [5.74, 6) is 0. The molecule has 0 unspecified atom stereocenters. The summed E-state index contributed by atoms with van der Waals surface area (Å²) in [6, 6.07) is 18.9. The van der Waals surface area contributed by atoms with Gasteiger partial charge in [0.25, 0.3) is 0 Å². The van der Waals surface area contributed by atoms with Crippen LogP contribution in [0.3, 0.4) is 0 Å². The van der Waals surface area contributed by atoms with E-state index in [1.165, 1.54) is 27.6 Å². The number of rotatable bonds is 0. The lowest BCUT2D eigenvalue weighted by atomic mass is 9.78. The first-order chi connectivity index (χ1) is 8.36. The van der Waals surface area contributed by atoms with Gasteiger partial charge in [0.2, 0.25) is 0 Å². The summed E-state index contributed by atoms with van der Waals surface area (Å²) in [5.41, 5.74) is 5.29. The minimum absolute atomic E-state index is 0.842. The summed E-state index contributed by atoms with van der Waals surface area (Å²) in [6.45, 7) is 0. The highest BCUT2D eigenvalue weighted by Crippen LogP contribution is 2.51. The van der Waals surface area contributed by atoms with Gasteiger partial charge in [0.05, 0.1) is 0 Å². The zero-order valence-electron chi connectivity index (χ0n) is 9.07. The Morgan fingerprint density at radius 1 is 0.647 bits per heavy atom. The van der Waals surface area contributed by atoms with Gasteiger partial charge in [-0.3, -0.25) is 0 Å². The quantitative estimate of drug-likeness (QED) is 0.397. The summed E-state index contributed by atoms with van der Waals surface area (Å²) >= 11 is 6.33. The number of hydrogen-bond acceptors (Lipinski definition) is 0. The van der Waals surface area contributed by atoms with Gasteiger partial charge in [-0.1, -0.05) is 60.1 Å². The highest BCUT2D eigenvalue weighted by atomic mass is 35.5. The molecule has 0 amide bonds. The molecule has 0 atom stereocenters. The summed E-state index contributed by atoms with van der Waals surface area (Å²) in [5, 5.41) is 3.24. The minimum Gasteiger partial charge on any atom is -0.0836 e. The normalized spacial score (nSPS) is 11.8. The molecule has 0 aromatic heterocycles. The third kappa shape index (κ3) is 1.08. The Morgan fingerprint density at radius 2 is 1.29 bits per heavy atom. The van der Waals surface area contributed by atoms with Gasteiger partial charge in [0, 0.05) is 10.4 Å². The smallest absolute Gasteiger partial charge is 0.0491 e. The zero-order valence-corrected chi connectivity index (χ0v) is 9.83. The van der Waals surface area contributed by atoms with Crippen LogP contribution < -0.4 is 0 Å². The minimum atomic E-state index is 0.842. The molecule has 0 saturated heterocycles. The van der Waals surface area contributed by atoms with Gasteiger partial charge >= 0.3 is 0 Å². The van der Waals surface area contributed by atoms with Crippen LogP contribution in [0.25, 0.3) is 33.0 Å². The Labute approximate surface area is 104 Å². The van der Waals surface area contributed by atoms with Gasteiger partial charge in [0.1, 0.15) is 0 Å². The van der Waals surface area contributed by atoms with Crippen molar-refractivity contribution in [2.24, 2.45) is 0 Å². The van der Waals surface area contributed by atoms with Crippen LogP contribution in [0.2, 0.25) is 5.02 Å². The van der Waals surface area contributed by atoms with Crippen molar-refractivity contribution in [2.75, 3.05) is 0 Å². The summed E-state index contributed by atoms with van der Waals surface area (Å²) in [4.78, 5) is 0. The molecule has 0 saturated carbocycles. The third-order valence-corrected chi connectivity index (χ3v) is 3.79. The largest absolute Gasteiger partial charge is 0.0836 e. The number of fused-ring (bicyclic) bond motifs is 6. The molecular weight excluding hydrogens is 228 g/mol. The van der Waals surface area contributed by atoms with Crippen molar-refractivity contribution >= 4 is 22.4 Å². The van der Waals surface area contributed by atoms with E-state index in [-0.39, 0.29) is 0 Å². The SMILES string of the molecule is Clc1cc2c(c3ccccc13)-c1ccccc1-2.